The van der Waals surface area contributed by atoms with Crippen LogP contribution in [0.4, 0.5) is 5.69 Å². The first-order valence-corrected chi connectivity index (χ1v) is 7.47. The van der Waals surface area contributed by atoms with E-state index in [0.29, 0.717) is 22.7 Å². The largest absolute Gasteiger partial charge is 0.493 e. The van der Waals surface area contributed by atoms with E-state index in [9.17, 15) is 14.9 Å². The average molecular weight is 352 g/mol. The van der Waals surface area contributed by atoms with Gasteiger partial charge in [0.2, 0.25) is 0 Å². The Bertz CT molecular complexity index is 895. The molecule has 0 saturated heterocycles. The Morgan fingerprint density at radius 2 is 1.73 bits per heavy atom. The number of nitrogens with zero attached hydrogens (tertiary/aromatic N) is 1. The van der Waals surface area contributed by atoms with Gasteiger partial charge in [0.05, 0.1) is 19.8 Å². The van der Waals surface area contributed by atoms with Crippen LogP contribution in [0.25, 0.3) is 6.08 Å². The molecule has 0 spiro atoms. The van der Waals surface area contributed by atoms with Gasteiger partial charge in [-0.15, -0.1) is 0 Å². The van der Waals surface area contributed by atoms with Crippen molar-refractivity contribution >= 4 is 23.6 Å². The molecule has 26 heavy (non-hydrogen) atoms. The number of nitriles is 1. The van der Waals surface area contributed by atoms with Crippen LogP contribution in [0.3, 0.4) is 0 Å². The number of amides is 1. The minimum absolute atomic E-state index is 0.121. The molecule has 0 atom stereocenters. The number of nitrogens with one attached hydrogen (secondary N) is 1. The zero-order valence-corrected chi connectivity index (χ0v) is 14.1. The first-order valence-electron chi connectivity index (χ1n) is 7.47. The summed E-state index contributed by atoms with van der Waals surface area (Å²) in [6.45, 7) is 0. The summed E-state index contributed by atoms with van der Waals surface area (Å²) >= 11 is 0. The van der Waals surface area contributed by atoms with Crippen LogP contribution >= 0.6 is 0 Å². The highest BCUT2D eigenvalue weighted by Crippen LogP contribution is 2.29. The predicted octanol–water partition coefficient (Wildman–Crippen LogP) is 2.95. The van der Waals surface area contributed by atoms with Crippen LogP contribution in [0.5, 0.6) is 11.5 Å². The van der Waals surface area contributed by atoms with Crippen molar-refractivity contribution in [2.45, 2.75) is 0 Å². The lowest BCUT2D eigenvalue weighted by atomic mass is 10.1. The maximum Gasteiger partial charge on any atom is 0.335 e. The topological polar surface area (TPSA) is 109 Å². The van der Waals surface area contributed by atoms with Gasteiger partial charge < -0.3 is 19.9 Å². The van der Waals surface area contributed by atoms with Gasteiger partial charge in [-0.3, -0.25) is 4.79 Å². The zero-order chi connectivity index (χ0) is 19.1. The number of carboxylic acid groups (broad SMARTS) is 1. The molecule has 0 aliphatic carbocycles. The molecule has 0 unspecified atom stereocenters. The van der Waals surface area contributed by atoms with Crippen molar-refractivity contribution in [3.05, 3.63) is 59.2 Å². The van der Waals surface area contributed by atoms with Crippen molar-refractivity contribution in [1.29, 1.82) is 5.26 Å². The fourth-order valence-corrected chi connectivity index (χ4v) is 2.15. The zero-order valence-electron chi connectivity index (χ0n) is 14.1. The van der Waals surface area contributed by atoms with Crippen LogP contribution in [-0.4, -0.2) is 31.2 Å². The van der Waals surface area contributed by atoms with E-state index in [0.717, 1.165) is 0 Å². The molecule has 2 N–H and O–H groups in total. The lowest BCUT2D eigenvalue weighted by Gasteiger charge is -2.10. The van der Waals surface area contributed by atoms with Gasteiger partial charge in [-0.1, -0.05) is 12.1 Å². The fourth-order valence-electron chi connectivity index (χ4n) is 2.15. The van der Waals surface area contributed by atoms with E-state index < -0.39 is 11.9 Å². The van der Waals surface area contributed by atoms with Crippen molar-refractivity contribution in [3.63, 3.8) is 0 Å². The summed E-state index contributed by atoms with van der Waals surface area (Å²) in [6, 6.07) is 12.5. The number of methoxy groups -OCH3 is 2. The van der Waals surface area contributed by atoms with E-state index in [-0.39, 0.29) is 11.1 Å². The summed E-state index contributed by atoms with van der Waals surface area (Å²) < 4.78 is 10.3. The molecule has 0 bridgehead atoms. The summed E-state index contributed by atoms with van der Waals surface area (Å²) in [7, 11) is 2.98. The van der Waals surface area contributed by atoms with Crippen molar-refractivity contribution in [1.82, 2.24) is 0 Å². The van der Waals surface area contributed by atoms with Gasteiger partial charge in [-0.05, 0) is 35.9 Å². The number of carbonyl (C=O) groups excluding carboxylic acids is 1. The normalized spacial score (nSPS) is 10.6. The Balaban J connectivity index is 2.21. The van der Waals surface area contributed by atoms with Gasteiger partial charge in [0.25, 0.3) is 5.91 Å². The Labute approximate surface area is 150 Å². The van der Waals surface area contributed by atoms with E-state index in [2.05, 4.69) is 5.32 Å². The molecule has 2 aromatic carbocycles. The quantitative estimate of drug-likeness (QED) is 0.611. The Hall–Kier alpha value is -3.79. The first kappa shape index (κ1) is 18.5. The number of rotatable bonds is 6. The molecule has 0 aliphatic rings. The number of hydrogen-bond donors (Lipinski definition) is 2. The molecule has 0 radical (unpaired) electrons. The summed E-state index contributed by atoms with van der Waals surface area (Å²) in [5.41, 5.74) is 0.974. The third-order valence-electron chi connectivity index (χ3n) is 3.48. The van der Waals surface area contributed by atoms with Crippen LogP contribution in [-0.2, 0) is 4.79 Å². The second-order valence-electron chi connectivity index (χ2n) is 5.12. The van der Waals surface area contributed by atoms with Crippen molar-refractivity contribution in [2.75, 3.05) is 19.5 Å². The molecular weight excluding hydrogens is 336 g/mol. The highest BCUT2D eigenvalue weighted by atomic mass is 16.5. The number of hydrogen-bond acceptors (Lipinski definition) is 5. The standard InChI is InChI=1S/C19H16N2O5/c1-25-16-8-7-15(10-17(16)26-2)21-18(22)14(11-20)9-12-3-5-13(6-4-12)19(23)24/h3-10H,1-2H3,(H,21,22)(H,23,24)/b14-9+. The average Bonchev–Trinajstić information content (AvgIpc) is 2.66. The van der Waals surface area contributed by atoms with Gasteiger partial charge in [0.1, 0.15) is 11.6 Å². The highest BCUT2D eigenvalue weighted by Gasteiger charge is 2.12. The molecule has 0 fully saturated rings. The lowest BCUT2D eigenvalue weighted by molar-refractivity contribution is -0.112. The molecular formula is C19H16N2O5. The third-order valence-corrected chi connectivity index (χ3v) is 3.48. The molecule has 0 aliphatic heterocycles. The van der Waals surface area contributed by atoms with E-state index >= 15 is 0 Å². The lowest BCUT2D eigenvalue weighted by Crippen LogP contribution is -2.13. The van der Waals surface area contributed by atoms with E-state index in [4.69, 9.17) is 14.6 Å². The number of aromatic carboxylic acids is 1. The summed E-state index contributed by atoms with van der Waals surface area (Å²) in [6.07, 6.45) is 1.38. The molecule has 1 amide bonds. The van der Waals surface area contributed by atoms with E-state index in [1.165, 1.54) is 44.6 Å². The highest BCUT2D eigenvalue weighted by molar-refractivity contribution is 6.09. The molecule has 7 heteroatoms. The number of ether oxygens (including phenoxy) is 2. The maximum absolute atomic E-state index is 12.3. The molecule has 7 nitrogen and oxygen atoms in total. The molecule has 2 rings (SSSR count). The van der Waals surface area contributed by atoms with Gasteiger partial charge in [0, 0.05) is 11.8 Å². The van der Waals surface area contributed by atoms with Crippen molar-refractivity contribution < 1.29 is 24.2 Å². The Morgan fingerprint density at radius 1 is 1.08 bits per heavy atom. The van der Waals surface area contributed by atoms with Crippen LogP contribution < -0.4 is 14.8 Å². The van der Waals surface area contributed by atoms with Gasteiger partial charge in [-0.2, -0.15) is 5.26 Å². The number of carbonyl (C=O) groups is 2. The van der Waals surface area contributed by atoms with Crippen molar-refractivity contribution in [2.24, 2.45) is 0 Å². The SMILES string of the molecule is COc1ccc(NC(=O)/C(C#N)=C/c2ccc(C(=O)O)cc2)cc1OC. The monoisotopic (exact) mass is 352 g/mol. The van der Waals surface area contributed by atoms with Gasteiger partial charge >= 0.3 is 5.97 Å². The van der Waals surface area contributed by atoms with Crippen LogP contribution in [0, 0.1) is 11.3 Å². The second kappa shape index (κ2) is 8.35. The maximum atomic E-state index is 12.3. The predicted molar refractivity (Wildman–Crippen MR) is 95.2 cm³/mol. The Kier molecular flexibility index (Phi) is 5.96. The van der Waals surface area contributed by atoms with E-state index in [1.807, 2.05) is 6.07 Å². The number of benzene rings is 2. The fraction of sp³-hybridized carbons (Fsp3) is 0.105. The van der Waals surface area contributed by atoms with E-state index in [1.54, 1.807) is 18.2 Å². The summed E-state index contributed by atoms with van der Waals surface area (Å²) in [5.74, 6) is -0.689. The molecule has 2 aromatic rings. The van der Waals surface area contributed by atoms with Crippen LogP contribution in [0.1, 0.15) is 15.9 Å². The van der Waals surface area contributed by atoms with Gasteiger partial charge in [0.15, 0.2) is 11.5 Å². The summed E-state index contributed by atoms with van der Waals surface area (Å²) in [5, 5.41) is 20.7. The first-order chi connectivity index (χ1) is 12.5. The molecule has 0 heterocycles. The number of carboxylic acids is 1. The Morgan fingerprint density at radius 3 is 2.27 bits per heavy atom. The second-order valence-corrected chi connectivity index (χ2v) is 5.12. The minimum Gasteiger partial charge on any atom is -0.493 e. The molecule has 0 aromatic heterocycles. The molecule has 0 saturated carbocycles. The number of anilines is 1. The van der Waals surface area contributed by atoms with Crippen LogP contribution in [0.2, 0.25) is 0 Å². The van der Waals surface area contributed by atoms with Crippen molar-refractivity contribution in [3.8, 4) is 17.6 Å². The summed E-state index contributed by atoms with van der Waals surface area (Å²) in [4.78, 5) is 23.2. The smallest absolute Gasteiger partial charge is 0.335 e. The third kappa shape index (κ3) is 4.39. The molecule has 132 valence electrons. The minimum atomic E-state index is -1.05. The van der Waals surface area contributed by atoms with Crippen LogP contribution in [0.15, 0.2) is 48.0 Å². The van der Waals surface area contributed by atoms with Gasteiger partial charge in [-0.25, -0.2) is 4.79 Å².